The molecule has 5 rings (SSSR count). The van der Waals surface area contributed by atoms with Gasteiger partial charge in [-0.3, -0.25) is 14.6 Å². The predicted molar refractivity (Wildman–Crippen MR) is 180 cm³/mol. The molecule has 2 amide bonds. The number of nitrogens with one attached hydrogen (secondary N) is 1. The number of ether oxygens (including phenoxy) is 2. The van der Waals surface area contributed by atoms with Crippen molar-refractivity contribution in [2.75, 3.05) is 70.9 Å². The third-order valence-corrected chi connectivity index (χ3v) is 8.17. The number of hydrogen-bond acceptors (Lipinski definition) is 9. The average Bonchev–Trinajstić information content (AvgIpc) is 3.01. The molecule has 0 unspecified atom stereocenters. The van der Waals surface area contributed by atoms with Crippen LogP contribution in [-0.4, -0.2) is 108 Å². The van der Waals surface area contributed by atoms with Gasteiger partial charge in [0.05, 0.1) is 18.4 Å². The van der Waals surface area contributed by atoms with Crippen LogP contribution in [0.1, 0.15) is 26.3 Å². The van der Waals surface area contributed by atoms with Crippen molar-refractivity contribution in [1.82, 2.24) is 30.0 Å². The highest BCUT2D eigenvalue weighted by Gasteiger charge is 2.26. The topological polar surface area (TPSA) is 103 Å². The predicted octanol–water partition coefficient (Wildman–Crippen LogP) is 5.16. The lowest BCUT2D eigenvalue weighted by molar-refractivity contribution is -0.122. The van der Waals surface area contributed by atoms with Crippen LogP contribution in [0.25, 0.3) is 11.3 Å². The van der Waals surface area contributed by atoms with Gasteiger partial charge in [-0.15, -0.1) is 0 Å². The van der Waals surface area contributed by atoms with E-state index in [9.17, 15) is 9.59 Å². The maximum absolute atomic E-state index is 12.4. The number of pyridine rings is 2. The van der Waals surface area contributed by atoms with Crippen LogP contribution in [0, 0.1) is 0 Å². The molecule has 246 valence electrons. The van der Waals surface area contributed by atoms with Gasteiger partial charge in [0.15, 0.2) is 0 Å². The first-order chi connectivity index (χ1) is 21.9. The second-order valence-electron chi connectivity index (χ2n) is 12.5. The number of anilines is 1. The molecule has 0 aliphatic carbocycles. The van der Waals surface area contributed by atoms with Crippen LogP contribution in [0.5, 0.6) is 11.6 Å². The second kappa shape index (κ2) is 14.8. The fraction of sp³-hybridized carbons (Fsp3) is 0.455. The molecule has 0 spiro atoms. The fourth-order valence-electron chi connectivity index (χ4n) is 5.38. The van der Waals surface area contributed by atoms with Crippen molar-refractivity contribution >= 4 is 41.0 Å². The maximum atomic E-state index is 12.4. The zero-order chi connectivity index (χ0) is 32.8. The summed E-state index contributed by atoms with van der Waals surface area (Å²) in [5.41, 5.74) is 2.00. The summed E-state index contributed by atoms with van der Waals surface area (Å²) in [7, 11) is 1.66. The van der Waals surface area contributed by atoms with E-state index in [0.717, 1.165) is 43.1 Å². The molecule has 2 saturated heterocycles. The molecule has 1 N–H and O–H groups in total. The number of piperazine rings is 2. The lowest BCUT2D eigenvalue weighted by Crippen LogP contribution is -2.50. The lowest BCUT2D eigenvalue weighted by Gasteiger charge is -2.36. The Morgan fingerprint density at radius 2 is 1.57 bits per heavy atom. The van der Waals surface area contributed by atoms with Gasteiger partial charge in [-0.25, -0.2) is 14.8 Å². The van der Waals surface area contributed by atoms with Crippen LogP contribution in [-0.2, 0) is 16.1 Å². The lowest BCUT2D eigenvalue weighted by atomic mass is 10.1. The van der Waals surface area contributed by atoms with Crippen molar-refractivity contribution in [3.63, 3.8) is 0 Å². The SMILES string of the molecule is CNC(=O)CN1CCN(Cc2cc(Oc3ccc(N4CCN(C(=O)OC(C)(C)C)CC4)nc3)nc(-c3cc(Cl)cc(Cl)c3)c2)CC1. The quantitative estimate of drug-likeness (QED) is 0.348. The standard InChI is InChI=1S/C33H41Cl2N7O4/c1-33(2,3)46-32(44)42-13-11-41(12-14-42)29-6-5-27(20-37-29)45-31-16-23(15-28(38-31)24-17-25(34)19-26(35)18-24)21-39-7-9-40(10-8-39)22-30(43)36-4/h5-6,15-20H,7-14,21-22H2,1-4H3,(H,36,43). The van der Waals surface area contributed by atoms with Crippen molar-refractivity contribution in [3.8, 4) is 22.9 Å². The van der Waals surface area contributed by atoms with E-state index in [4.69, 9.17) is 37.7 Å². The van der Waals surface area contributed by atoms with E-state index in [-0.39, 0.29) is 12.0 Å². The summed E-state index contributed by atoms with van der Waals surface area (Å²) in [6.45, 7) is 12.4. The molecule has 11 nitrogen and oxygen atoms in total. The minimum absolute atomic E-state index is 0.0255. The number of hydrogen-bond donors (Lipinski definition) is 1. The minimum Gasteiger partial charge on any atom is -0.444 e. The Labute approximate surface area is 280 Å². The zero-order valence-corrected chi connectivity index (χ0v) is 28.3. The fourth-order valence-corrected chi connectivity index (χ4v) is 5.91. The first-order valence-electron chi connectivity index (χ1n) is 15.4. The van der Waals surface area contributed by atoms with Crippen molar-refractivity contribution < 1.29 is 19.1 Å². The molecule has 0 atom stereocenters. The molecule has 3 aromatic rings. The molecule has 2 fully saturated rings. The van der Waals surface area contributed by atoms with E-state index < -0.39 is 5.60 Å². The monoisotopic (exact) mass is 669 g/mol. The van der Waals surface area contributed by atoms with Gasteiger partial charge in [0, 0.05) is 87.6 Å². The van der Waals surface area contributed by atoms with Gasteiger partial charge in [0.25, 0.3) is 0 Å². The molecular weight excluding hydrogens is 629 g/mol. The van der Waals surface area contributed by atoms with Crippen molar-refractivity contribution in [1.29, 1.82) is 0 Å². The van der Waals surface area contributed by atoms with E-state index in [1.165, 1.54) is 0 Å². The molecule has 2 aliphatic rings. The molecule has 4 heterocycles. The summed E-state index contributed by atoms with van der Waals surface area (Å²) in [5.74, 6) is 1.82. The Bertz CT molecular complexity index is 1500. The first kappa shape index (κ1) is 33.7. The smallest absolute Gasteiger partial charge is 0.410 e. The van der Waals surface area contributed by atoms with Gasteiger partial charge in [-0.1, -0.05) is 23.2 Å². The van der Waals surface area contributed by atoms with Crippen LogP contribution in [0.2, 0.25) is 10.0 Å². The normalized spacial score (nSPS) is 16.3. The molecule has 0 bridgehead atoms. The Balaban J connectivity index is 1.27. The van der Waals surface area contributed by atoms with Crippen LogP contribution < -0.4 is 15.0 Å². The van der Waals surface area contributed by atoms with E-state index in [1.807, 2.05) is 57.2 Å². The molecule has 46 heavy (non-hydrogen) atoms. The largest absolute Gasteiger partial charge is 0.444 e. The van der Waals surface area contributed by atoms with Crippen molar-refractivity contribution in [3.05, 3.63) is 64.3 Å². The number of aromatic nitrogens is 2. The van der Waals surface area contributed by atoms with Crippen molar-refractivity contribution in [2.24, 2.45) is 0 Å². The summed E-state index contributed by atoms with van der Waals surface area (Å²) < 4.78 is 11.8. The number of likely N-dealkylation sites (N-methyl/N-ethyl adjacent to an activating group) is 1. The minimum atomic E-state index is -0.522. The number of carbonyl (C=O) groups is 2. The number of nitrogens with zero attached hydrogens (tertiary/aromatic N) is 6. The zero-order valence-electron chi connectivity index (χ0n) is 26.8. The van der Waals surface area contributed by atoms with Crippen LogP contribution in [0.15, 0.2) is 48.7 Å². The second-order valence-corrected chi connectivity index (χ2v) is 13.4. The Morgan fingerprint density at radius 3 is 2.17 bits per heavy atom. The number of halogens is 2. The number of benzene rings is 1. The molecule has 13 heteroatoms. The Morgan fingerprint density at radius 1 is 0.891 bits per heavy atom. The van der Waals surface area contributed by atoms with E-state index >= 15 is 0 Å². The molecule has 2 aromatic heterocycles. The highest BCUT2D eigenvalue weighted by atomic mass is 35.5. The summed E-state index contributed by atoms with van der Waals surface area (Å²) in [6.07, 6.45) is 1.40. The molecule has 1 aromatic carbocycles. The molecule has 0 radical (unpaired) electrons. The third kappa shape index (κ3) is 9.45. The highest BCUT2D eigenvalue weighted by molar-refractivity contribution is 6.35. The van der Waals surface area contributed by atoms with E-state index in [0.29, 0.717) is 66.6 Å². The van der Waals surface area contributed by atoms with Crippen molar-refractivity contribution in [2.45, 2.75) is 32.9 Å². The third-order valence-electron chi connectivity index (χ3n) is 7.74. The number of amides is 2. The van der Waals surface area contributed by atoms with Gasteiger partial charge >= 0.3 is 6.09 Å². The van der Waals surface area contributed by atoms with E-state index in [2.05, 4.69) is 25.0 Å². The van der Waals surface area contributed by atoms with Crippen LogP contribution in [0.4, 0.5) is 10.6 Å². The van der Waals surface area contributed by atoms with Gasteiger partial charge in [-0.05, 0) is 62.7 Å². The summed E-state index contributed by atoms with van der Waals surface area (Å²) >= 11 is 12.7. The number of carbonyl (C=O) groups excluding carboxylic acids is 2. The Kier molecular flexibility index (Phi) is 10.9. The molecular formula is C33H41Cl2N7O4. The number of rotatable bonds is 8. The molecule has 0 saturated carbocycles. The first-order valence-corrected chi connectivity index (χ1v) is 16.2. The Hall–Kier alpha value is -3.64. The van der Waals surface area contributed by atoms with Gasteiger partial charge in [-0.2, -0.15) is 0 Å². The maximum Gasteiger partial charge on any atom is 0.410 e. The highest BCUT2D eigenvalue weighted by Crippen LogP contribution is 2.31. The summed E-state index contributed by atoms with van der Waals surface area (Å²) in [6, 6.07) is 13.1. The van der Waals surface area contributed by atoms with Gasteiger partial charge < -0.3 is 24.6 Å². The van der Waals surface area contributed by atoms with Crippen LogP contribution >= 0.6 is 23.2 Å². The molecule has 2 aliphatic heterocycles. The average molecular weight is 671 g/mol. The van der Waals surface area contributed by atoms with Gasteiger partial charge in [0.1, 0.15) is 17.2 Å². The summed E-state index contributed by atoms with van der Waals surface area (Å²) in [5, 5.41) is 3.74. The van der Waals surface area contributed by atoms with Gasteiger partial charge in [0.2, 0.25) is 11.8 Å². The van der Waals surface area contributed by atoms with E-state index in [1.54, 1.807) is 24.2 Å². The van der Waals surface area contributed by atoms with Crippen LogP contribution in [0.3, 0.4) is 0 Å². The summed E-state index contributed by atoms with van der Waals surface area (Å²) in [4.78, 5) is 42.1.